The number of carbonyl (C=O) groups excluding carboxylic acids is 1. The Morgan fingerprint density at radius 1 is 0.652 bits per heavy atom. The average molecular weight is 1000 g/mol. The summed E-state index contributed by atoms with van der Waals surface area (Å²) in [6.45, 7) is 9.20. The number of nitrogens with zero attached hydrogens (tertiary/aromatic N) is 5. The zero-order valence-corrected chi connectivity index (χ0v) is 42.4. The van der Waals surface area contributed by atoms with E-state index in [4.69, 9.17) is 24.1 Å². The number of aryl methyl sites for hydroxylation is 4. The Balaban J connectivity index is 0.000000252. The minimum absolute atomic E-state index is 0.0102. The number of likely N-dealkylation sites (N-methyl/N-ethyl adjacent to an activating group) is 2. The van der Waals surface area contributed by atoms with Gasteiger partial charge in [-0.05, 0) is 148 Å². The molecule has 0 atom stereocenters. The normalized spacial score (nSPS) is 15.6. The summed E-state index contributed by atoms with van der Waals surface area (Å²) < 4.78 is 74.4. The second-order valence-electron chi connectivity index (χ2n) is 17.0. The van der Waals surface area contributed by atoms with Crippen LogP contribution in [0.4, 0.5) is 0 Å². The Labute approximate surface area is 406 Å². The quantitative estimate of drug-likeness (QED) is 0.104. The lowest BCUT2D eigenvalue weighted by molar-refractivity contribution is -0.142. The van der Waals surface area contributed by atoms with Crippen LogP contribution in [-0.4, -0.2) is 162 Å². The molecule has 1 amide bonds. The van der Waals surface area contributed by atoms with Gasteiger partial charge in [-0.1, -0.05) is 0 Å². The molecule has 2 aromatic heterocycles. The van der Waals surface area contributed by atoms with Crippen LogP contribution in [-0.2, 0) is 50.3 Å². The highest BCUT2D eigenvalue weighted by Crippen LogP contribution is 2.33. The molecule has 19 nitrogen and oxygen atoms in total. The molecule has 2 aliphatic rings. The van der Waals surface area contributed by atoms with Gasteiger partial charge in [-0.25, -0.2) is 21.6 Å². The molecule has 2 saturated heterocycles. The Morgan fingerprint density at radius 3 is 1.38 bits per heavy atom. The number of amides is 1. The number of carboxylic acids is 1. The SMILES string of the molecule is COc1cc(C)c(S(=O)(=O)N(C)CCOCC(=O)N2CCC(O)(c3ccncc3)CC2)c(C)c1.COc1cc(C)c(S(=O)(=O)N(C)CCOCC(=O)O)c(C)c1.OC1(c2ccncc2)CCNCC1. The number of nitrogens with one attached hydrogen (secondary N) is 1. The molecule has 0 aliphatic carbocycles. The van der Waals surface area contributed by atoms with Gasteiger partial charge >= 0.3 is 5.97 Å². The zero-order chi connectivity index (χ0) is 51.0. The summed E-state index contributed by atoms with van der Waals surface area (Å²) in [4.78, 5) is 32.9. The Bertz CT molecular complexity index is 2470. The fourth-order valence-corrected chi connectivity index (χ4v) is 11.2. The van der Waals surface area contributed by atoms with Gasteiger partial charge < -0.3 is 44.5 Å². The number of aliphatic carboxylic acids is 1. The molecule has 6 rings (SSSR count). The van der Waals surface area contributed by atoms with E-state index in [0.29, 0.717) is 59.7 Å². The maximum atomic E-state index is 13.1. The largest absolute Gasteiger partial charge is 0.497 e. The summed E-state index contributed by atoms with van der Waals surface area (Å²) in [7, 11) is -1.40. The average Bonchev–Trinajstić information content (AvgIpc) is 3.32. The molecule has 0 unspecified atom stereocenters. The van der Waals surface area contributed by atoms with Gasteiger partial charge in [-0.15, -0.1) is 0 Å². The van der Waals surface area contributed by atoms with E-state index < -0.39 is 43.8 Å². The van der Waals surface area contributed by atoms with Gasteiger partial charge in [-0.3, -0.25) is 14.8 Å². The van der Waals surface area contributed by atoms with Crippen LogP contribution in [0.5, 0.6) is 11.5 Å². The number of carboxylic acid groups (broad SMARTS) is 1. The van der Waals surface area contributed by atoms with Gasteiger partial charge in [0.05, 0.1) is 48.4 Å². The number of rotatable bonds is 18. The highest BCUT2D eigenvalue weighted by atomic mass is 32.2. The lowest BCUT2D eigenvalue weighted by atomic mass is 9.85. The minimum Gasteiger partial charge on any atom is -0.497 e. The number of aliphatic hydroxyl groups is 2. The van der Waals surface area contributed by atoms with Crippen LogP contribution in [0.2, 0.25) is 0 Å². The topological polar surface area (TPSA) is 248 Å². The number of ether oxygens (including phenoxy) is 4. The van der Waals surface area contributed by atoms with E-state index in [1.165, 1.54) is 32.6 Å². The van der Waals surface area contributed by atoms with E-state index in [9.17, 15) is 36.6 Å². The van der Waals surface area contributed by atoms with Crippen LogP contribution in [0, 0.1) is 27.7 Å². The van der Waals surface area contributed by atoms with Crippen molar-refractivity contribution in [2.45, 2.75) is 74.4 Å². The molecule has 21 heteroatoms. The van der Waals surface area contributed by atoms with Crippen molar-refractivity contribution in [3.8, 4) is 11.5 Å². The predicted molar refractivity (Wildman–Crippen MR) is 258 cm³/mol. The molecule has 4 aromatic rings. The highest BCUT2D eigenvalue weighted by molar-refractivity contribution is 7.89. The number of likely N-dealkylation sites (tertiary alicyclic amines) is 1. The first kappa shape index (κ1) is 56.5. The maximum absolute atomic E-state index is 13.1. The first-order valence-corrected chi connectivity index (χ1v) is 25.3. The van der Waals surface area contributed by atoms with Crippen molar-refractivity contribution < 1.29 is 60.7 Å². The molecular weight excluding hydrogens is 933 g/mol. The van der Waals surface area contributed by atoms with E-state index in [1.807, 2.05) is 12.1 Å². The number of piperidine rings is 2. The molecule has 0 saturated carbocycles. The van der Waals surface area contributed by atoms with Gasteiger partial charge in [0, 0.05) is 65.1 Å². The molecule has 2 aromatic carbocycles. The fraction of sp³-hybridized carbons (Fsp3) is 0.500. The van der Waals surface area contributed by atoms with E-state index in [2.05, 4.69) is 15.3 Å². The van der Waals surface area contributed by atoms with Crippen molar-refractivity contribution in [2.75, 3.05) is 94.0 Å². The van der Waals surface area contributed by atoms with Crippen LogP contribution in [0.25, 0.3) is 0 Å². The number of benzene rings is 2. The molecule has 4 N–H and O–H groups in total. The third-order valence-electron chi connectivity index (χ3n) is 12.0. The Kier molecular flexibility index (Phi) is 21.0. The number of pyridine rings is 2. The summed E-state index contributed by atoms with van der Waals surface area (Å²) in [6.07, 6.45) is 9.20. The predicted octanol–water partition coefficient (Wildman–Crippen LogP) is 3.54. The highest BCUT2D eigenvalue weighted by Gasteiger charge is 2.36. The van der Waals surface area contributed by atoms with Gasteiger partial charge in [0.2, 0.25) is 26.0 Å². The molecule has 4 heterocycles. The lowest BCUT2D eigenvalue weighted by Gasteiger charge is -2.38. The molecule has 0 spiro atoms. The van der Waals surface area contributed by atoms with Crippen molar-refractivity contribution in [2.24, 2.45) is 0 Å². The van der Waals surface area contributed by atoms with Crippen LogP contribution >= 0.6 is 0 Å². The molecular formula is C48H68N6O13S2. The molecule has 69 heavy (non-hydrogen) atoms. The van der Waals surface area contributed by atoms with Gasteiger partial charge in [0.15, 0.2) is 0 Å². The minimum atomic E-state index is -3.72. The number of hydrogen-bond donors (Lipinski definition) is 4. The Morgan fingerprint density at radius 2 is 1.01 bits per heavy atom. The van der Waals surface area contributed by atoms with E-state index >= 15 is 0 Å². The van der Waals surface area contributed by atoms with Crippen molar-refractivity contribution in [3.05, 3.63) is 107 Å². The Hall–Kier alpha value is -5.10. The molecule has 0 radical (unpaired) electrons. The monoisotopic (exact) mass is 1000 g/mol. The second-order valence-corrected chi connectivity index (χ2v) is 21.0. The molecule has 0 bridgehead atoms. The maximum Gasteiger partial charge on any atom is 0.329 e. The van der Waals surface area contributed by atoms with E-state index in [1.54, 1.807) is 93.8 Å². The van der Waals surface area contributed by atoms with Crippen LogP contribution in [0.15, 0.2) is 83.1 Å². The number of hydrogen-bond acceptors (Lipinski definition) is 15. The van der Waals surface area contributed by atoms with E-state index in [-0.39, 0.29) is 48.6 Å². The molecule has 2 fully saturated rings. The smallest absolute Gasteiger partial charge is 0.329 e. The number of carbonyl (C=O) groups is 2. The van der Waals surface area contributed by atoms with Gasteiger partial charge in [-0.2, -0.15) is 8.61 Å². The number of aromatic nitrogens is 2. The van der Waals surface area contributed by atoms with Crippen molar-refractivity contribution in [1.82, 2.24) is 28.8 Å². The van der Waals surface area contributed by atoms with Crippen LogP contribution in [0.1, 0.15) is 59.1 Å². The molecule has 2 aliphatic heterocycles. The van der Waals surface area contributed by atoms with Crippen molar-refractivity contribution in [1.29, 1.82) is 0 Å². The molecule has 380 valence electrons. The standard InChI is InChI=1S/C24H33N3O6S.C14H21NO6S.C10H14N2O/c1-18-15-21(32-4)16-19(2)23(18)34(30,31)26(3)13-14-33-17-22(28)27-11-7-24(29,8-12-27)20-5-9-25-10-6-20;1-10-7-12(20-4)8-11(2)14(10)22(18,19)15(3)5-6-21-9-13(16)17;13-10(3-7-12-8-4-10)9-1-5-11-6-2-9/h5-6,9-10,15-16,29H,7-8,11-14,17H2,1-4H3;7-8H,5-6,9H2,1-4H3,(H,16,17);1-2,5-6,12-13H,3-4,7-8H2. The third kappa shape index (κ3) is 15.4. The first-order chi connectivity index (χ1) is 32.6. The first-order valence-electron chi connectivity index (χ1n) is 22.4. The van der Waals surface area contributed by atoms with E-state index in [0.717, 1.165) is 41.4 Å². The van der Waals surface area contributed by atoms with Gasteiger partial charge in [0.1, 0.15) is 24.7 Å². The van der Waals surface area contributed by atoms with Crippen molar-refractivity contribution in [3.63, 3.8) is 0 Å². The summed E-state index contributed by atoms with van der Waals surface area (Å²) in [5, 5.41) is 32.9. The third-order valence-corrected chi connectivity index (χ3v) is 16.4. The summed E-state index contributed by atoms with van der Waals surface area (Å²) in [5.74, 6) is -0.0618. The number of methoxy groups -OCH3 is 2. The van der Waals surface area contributed by atoms with Crippen LogP contribution in [0.3, 0.4) is 0 Å². The lowest BCUT2D eigenvalue weighted by Crippen LogP contribution is -2.46. The van der Waals surface area contributed by atoms with Crippen molar-refractivity contribution >= 4 is 31.9 Å². The number of sulfonamides is 2. The summed E-state index contributed by atoms with van der Waals surface area (Å²) >= 11 is 0. The van der Waals surface area contributed by atoms with Gasteiger partial charge in [0.25, 0.3) is 0 Å². The zero-order valence-electron chi connectivity index (χ0n) is 40.8. The van der Waals surface area contributed by atoms with Crippen LogP contribution < -0.4 is 14.8 Å². The fourth-order valence-electron chi connectivity index (χ4n) is 8.09. The summed E-state index contributed by atoms with van der Waals surface area (Å²) in [5.41, 5.74) is 2.60. The summed E-state index contributed by atoms with van der Waals surface area (Å²) in [6, 6.07) is 14.1. The second kappa shape index (κ2) is 25.7.